The lowest BCUT2D eigenvalue weighted by Gasteiger charge is -2.06. The zero-order valence-electron chi connectivity index (χ0n) is 27.7. The number of unbranched alkanes of at least 4 members (excludes halogenated alkanes) is 1. The fraction of sp³-hybridized carbons (Fsp3) is 0.368. The molecule has 0 spiro atoms. The monoisotopic (exact) mass is 617 g/mol. The summed E-state index contributed by atoms with van der Waals surface area (Å²) in [6.45, 7) is 12.8. The van der Waals surface area contributed by atoms with Gasteiger partial charge in [0.1, 0.15) is 0 Å². The van der Waals surface area contributed by atoms with Crippen molar-refractivity contribution in [3.8, 4) is 0 Å². The predicted molar refractivity (Wildman–Crippen MR) is 188 cm³/mol. The second kappa shape index (κ2) is 14.1. The van der Waals surface area contributed by atoms with Gasteiger partial charge in [-0.05, 0) is 116 Å². The van der Waals surface area contributed by atoms with Crippen molar-refractivity contribution in [2.45, 2.75) is 92.9 Å². The highest BCUT2D eigenvalue weighted by Crippen LogP contribution is 2.36. The molecule has 4 aliphatic heterocycles. The number of rotatable bonds is 9. The van der Waals surface area contributed by atoms with Gasteiger partial charge in [-0.3, -0.25) is 14.8 Å². The van der Waals surface area contributed by atoms with Gasteiger partial charge < -0.3 is 10.2 Å². The van der Waals surface area contributed by atoms with Crippen LogP contribution in [0, 0.1) is 0 Å². The summed E-state index contributed by atoms with van der Waals surface area (Å²) in [7, 11) is 0. The summed E-state index contributed by atoms with van der Waals surface area (Å²) in [5, 5.41) is 21.1. The molecule has 4 heterocycles. The lowest BCUT2D eigenvalue weighted by molar-refractivity contribution is -0.137. The number of aliphatic hydroxyl groups excluding tert-OH is 1. The number of allylic oxidation sites excluding steroid dienone is 8. The average molecular weight is 618 g/mol. The van der Waals surface area contributed by atoms with Crippen LogP contribution >= 0.6 is 0 Å². The molecule has 8 heteroatoms. The Morgan fingerprint density at radius 2 is 1.30 bits per heavy atom. The van der Waals surface area contributed by atoms with E-state index in [2.05, 4.69) is 53.7 Å². The average Bonchev–Trinajstić information content (AvgIpc) is 3.65. The quantitative estimate of drug-likeness (QED) is 0.274. The minimum absolute atomic E-state index is 0.0819. The standard InChI is InChI=1S/C38H43N5O3/c1-7-25-22(5)35-20-39-29-16-15-24(37(44)13-11-12-14-38(45)46)17-34(29)40-21-36-23(6)26(8-2)31(43-36)19-33-28(10-4)27(9-3)32(41-33)18-30(25)42-35/h15-21,44H,7-14H2,1-6H3,(H,45,46). The Hall–Kier alpha value is -4.72. The minimum Gasteiger partial charge on any atom is -0.512 e. The van der Waals surface area contributed by atoms with Crippen molar-refractivity contribution >= 4 is 40.8 Å². The molecule has 238 valence electrons. The first kappa shape index (κ1) is 32.7. The number of fused-ring (bicyclic) bond motifs is 4. The summed E-state index contributed by atoms with van der Waals surface area (Å²) in [6, 6.07) is 5.50. The third kappa shape index (κ3) is 6.62. The molecular formula is C38H43N5O3. The summed E-state index contributed by atoms with van der Waals surface area (Å²) in [5.74, 6) is -0.634. The first-order chi connectivity index (χ1) is 22.2. The molecule has 0 saturated carbocycles. The van der Waals surface area contributed by atoms with E-state index in [-0.39, 0.29) is 12.2 Å². The molecule has 0 unspecified atom stereocenters. The van der Waals surface area contributed by atoms with E-state index < -0.39 is 5.97 Å². The lowest BCUT2D eigenvalue weighted by Crippen LogP contribution is -2.12. The molecule has 0 radical (unpaired) electrons. The van der Waals surface area contributed by atoms with Crippen molar-refractivity contribution in [1.82, 2.24) is 0 Å². The van der Waals surface area contributed by atoms with E-state index in [4.69, 9.17) is 30.1 Å². The highest BCUT2D eigenvalue weighted by molar-refractivity contribution is 6.40. The zero-order valence-corrected chi connectivity index (χ0v) is 27.7. The van der Waals surface area contributed by atoms with Crippen molar-refractivity contribution in [2.75, 3.05) is 0 Å². The Kier molecular flexibility index (Phi) is 10.0. The molecule has 0 fully saturated rings. The van der Waals surface area contributed by atoms with Gasteiger partial charge in [-0.2, -0.15) is 0 Å². The predicted octanol–water partition coefficient (Wildman–Crippen LogP) is 7.88. The zero-order chi connectivity index (χ0) is 33.0. The van der Waals surface area contributed by atoms with E-state index >= 15 is 0 Å². The van der Waals surface area contributed by atoms with Gasteiger partial charge in [-0.25, -0.2) is 15.0 Å². The van der Waals surface area contributed by atoms with Crippen LogP contribution < -0.4 is 10.6 Å². The van der Waals surface area contributed by atoms with Crippen LogP contribution in [0.1, 0.15) is 92.9 Å². The summed E-state index contributed by atoms with van der Waals surface area (Å²) >= 11 is 0. The van der Waals surface area contributed by atoms with Gasteiger partial charge in [0.05, 0.1) is 63.4 Å². The van der Waals surface area contributed by atoms with E-state index in [9.17, 15) is 9.90 Å². The van der Waals surface area contributed by atoms with Crippen LogP contribution in [0.5, 0.6) is 0 Å². The third-order valence-electron chi connectivity index (χ3n) is 8.97. The van der Waals surface area contributed by atoms with Crippen molar-refractivity contribution in [3.63, 3.8) is 0 Å². The number of benzene rings is 1. The van der Waals surface area contributed by atoms with Crippen molar-refractivity contribution in [2.24, 2.45) is 25.0 Å². The van der Waals surface area contributed by atoms with Crippen molar-refractivity contribution < 1.29 is 15.0 Å². The second-order valence-corrected chi connectivity index (χ2v) is 11.8. The number of aliphatic imine (C=N–C) groups is 4. The lowest BCUT2D eigenvalue weighted by atomic mass is 9.96. The fourth-order valence-electron chi connectivity index (χ4n) is 6.39. The molecule has 0 atom stereocenters. The van der Waals surface area contributed by atoms with Gasteiger partial charge in [0.15, 0.2) is 0 Å². The van der Waals surface area contributed by atoms with E-state index in [1.165, 1.54) is 22.3 Å². The van der Waals surface area contributed by atoms with Crippen LogP contribution in [0.4, 0.5) is 5.69 Å². The van der Waals surface area contributed by atoms with Crippen LogP contribution in [0.25, 0.3) is 5.76 Å². The van der Waals surface area contributed by atoms with Gasteiger partial charge in [0.2, 0.25) is 0 Å². The molecule has 1 aromatic carbocycles. The first-order valence-electron chi connectivity index (χ1n) is 16.4. The van der Waals surface area contributed by atoms with E-state index in [1.807, 2.05) is 18.2 Å². The summed E-state index contributed by atoms with van der Waals surface area (Å²) in [5.41, 5.74) is 12.9. The molecule has 6 bridgehead atoms. The van der Waals surface area contributed by atoms with Crippen LogP contribution in [0.2, 0.25) is 0 Å². The fourth-order valence-corrected chi connectivity index (χ4v) is 6.39. The number of carbonyl (C=O) groups is 1. The summed E-state index contributed by atoms with van der Waals surface area (Å²) in [6.07, 6.45) is 12.8. The molecular weight excluding hydrogens is 574 g/mol. The summed E-state index contributed by atoms with van der Waals surface area (Å²) in [4.78, 5) is 35.8. The van der Waals surface area contributed by atoms with E-state index in [0.29, 0.717) is 35.5 Å². The van der Waals surface area contributed by atoms with Crippen LogP contribution in [-0.2, 0) is 4.79 Å². The summed E-state index contributed by atoms with van der Waals surface area (Å²) < 4.78 is 0. The maximum atomic E-state index is 10.9. The highest BCUT2D eigenvalue weighted by Gasteiger charge is 2.26. The number of aliphatic hydroxyl groups is 1. The Bertz CT molecular complexity index is 1920. The number of carboxylic acid groups (broad SMARTS) is 1. The Labute approximate surface area is 270 Å². The van der Waals surface area contributed by atoms with Crippen LogP contribution in [0.15, 0.2) is 112 Å². The molecule has 4 aliphatic rings. The topological polar surface area (TPSA) is 119 Å². The van der Waals surface area contributed by atoms with Gasteiger partial charge in [-0.1, -0.05) is 27.7 Å². The first-order valence-corrected chi connectivity index (χ1v) is 16.4. The maximum Gasteiger partial charge on any atom is 0.303 e. The number of hydrogen-bond donors (Lipinski definition) is 2. The van der Waals surface area contributed by atoms with Crippen molar-refractivity contribution in [1.29, 1.82) is 0 Å². The van der Waals surface area contributed by atoms with E-state index in [1.54, 1.807) is 12.4 Å². The maximum absolute atomic E-state index is 10.9. The smallest absolute Gasteiger partial charge is 0.303 e. The molecule has 1 aromatic rings. The molecule has 0 aliphatic carbocycles. The number of nitrogens with zero attached hydrogens (tertiary/aromatic N) is 5. The Morgan fingerprint density at radius 1 is 0.696 bits per heavy atom. The molecule has 0 aromatic heterocycles. The van der Waals surface area contributed by atoms with Gasteiger partial charge in [0, 0.05) is 18.1 Å². The Balaban J connectivity index is 1.71. The molecule has 46 heavy (non-hydrogen) atoms. The molecule has 0 amide bonds. The minimum atomic E-state index is -0.832. The van der Waals surface area contributed by atoms with Crippen molar-refractivity contribution in [3.05, 3.63) is 97.7 Å². The van der Waals surface area contributed by atoms with Gasteiger partial charge in [0.25, 0.3) is 0 Å². The molecule has 8 nitrogen and oxygen atoms in total. The SMILES string of the molecule is CCC1=C(C)C2=NC1=CC1=NC(=CC3=NC(=CN=c4ccc(=C(O)CCCCC(=O)O)cc4N=C2)C(C)=C3CC)C(CC)=C1CC. The van der Waals surface area contributed by atoms with Gasteiger partial charge >= 0.3 is 5.97 Å². The number of carboxylic acids is 1. The van der Waals surface area contributed by atoms with Gasteiger partial charge in [-0.15, -0.1) is 0 Å². The largest absolute Gasteiger partial charge is 0.512 e. The molecule has 0 saturated heterocycles. The van der Waals surface area contributed by atoms with Crippen LogP contribution in [-0.4, -0.2) is 39.5 Å². The third-order valence-corrected chi connectivity index (χ3v) is 8.97. The highest BCUT2D eigenvalue weighted by atomic mass is 16.4. The molecule has 2 N–H and O–H groups in total. The second-order valence-electron chi connectivity index (χ2n) is 11.8. The normalized spacial score (nSPS) is 18.4. The van der Waals surface area contributed by atoms with Crippen LogP contribution in [0.3, 0.4) is 0 Å². The number of aliphatic carboxylic acids is 1. The Morgan fingerprint density at radius 3 is 1.98 bits per heavy atom. The molecule has 5 rings (SSSR count). The number of hydrogen-bond acceptors (Lipinski definition) is 7. The van der Waals surface area contributed by atoms with E-state index in [0.717, 1.165) is 71.1 Å².